The Balaban J connectivity index is 1.81. The number of morpholine rings is 1. The number of carbonyl (C=O) groups is 1. The first-order valence-corrected chi connectivity index (χ1v) is 8.02. The standard InChI is InChI=1S/C18H17FN2O5/c1-11-9-20(10-17(26-11)12-2-5-14(19)6-3-12)18(23)13-4-7-15(21(24)25)16(22)8-13/h2-8,11,17,22H,9-10H2,1H3/t11-,17-/m1/s1. The minimum atomic E-state index is -0.717. The second-order valence-corrected chi connectivity index (χ2v) is 6.16. The molecule has 2 atom stereocenters. The number of benzene rings is 2. The summed E-state index contributed by atoms with van der Waals surface area (Å²) in [6, 6.07) is 9.39. The number of ether oxygens (including phenoxy) is 1. The number of hydrogen-bond acceptors (Lipinski definition) is 5. The van der Waals surface area contributed by atoms with Crippen LogP contribution >= 0.6 is 0 Å². The Hall–Kier alpha value is -3.00. The molecule has 8 heteroatoms. The number of amides is 1. The van der Waals surface area contributed by atoms with Crippen molar-refractivity contribution in [3.8, 4) is 5.75 Å². The number of phenolic OH excluding ortho intramolecular Hbond substituents is 1. The summed E-state index contributed by atoms with van der Waals surface area (Å²) in [7, 11) is 0. The van der Waals surface area contributed by atoms with Gasteiger partial charge in [0, 0.05) is 18.2 Å². The van der Waals surface area contributed by atoms with Crippen molar-refractivity contribution in [1.82, 2.24) is 4.90 Å². The Morgan fingerprint density at radius 3 is 2.58 bits per heavy atom. The summed E-state index contributed by atoms with van der Waals surface area (Å²) >= 11 is 0. The Kier molecular flexibility index (Phi) is 4.85. The van der Waals surface area contributed by atoms with Gasteiger partial charge in [-0.1, -0.05) is 12.1 Å². The van der Waals surface area contributed by atoms with Gasteiger partial charge in [0.15, 0.2) is 5.75 Å². The predicted octanol–water partition coefficient (Wildman–Crippen LogP) is 3.04. The van der Waals surface area contributed by atoms with Crippen molar-refractivity contribution in [3.05, 3.63) is 69.5 Å². The van der Waals surface area contributed by atoms with Crippen LogP contribution < -0.4 is 0 Å². The normalized spacial score (nSPS) is 20.0. The quantitative estimate of drug-likeness (QED) is 0.671. The molecule has 0 unspecified atom stereocenters. The van der Waals surface area contributed by atoms with Crippen LogP contribution in [0.4, 0.5) is 10.1 Å². The Labute approximate surface area is 148 Å². The van der Waals surface area contributed by atoms with Gasteiger partial charge in [-0.3, -0.25) is 14.9 Å². The molecule has 0 bridgehead atoms. The highest BCUT2D eigenvalue weighted by atomic mass is 19.1. The van der Waals surface area contributed by atoms with E-state index in [2.05, 4.69) is 0 Å². The summed E-state index contributed by atoms with van der Waals surface area (Å²) in [5.41, 5.74) is 0.448. The molecule has 1 amide bonds. The van der Waals surface area contributed by atoms with Gasteiger partial charge >= 0.3 is 5.69 Å². The van der Waals surface area contributed by atoms with Crippen molar-refractivity contribution in [3.63, 3.8) is 0 Å². The van der Waals surface area contributed by atoms with Crippen molar-refractivity contribution in [2.24, 2.45) is 0 Å². The van der Waals surface area contributed by atoms with E-state index in [1.54, 1.807) is 17.0 Å². The summed E-state index contributed by atoms with van der Waals surface area (Å²) in [5.74, 6) is -1.28. The van der Waals surface area contributed by atoms with Gasteiger partial charge in [-0.2, -0.15) is 0 Å². The van der Waals surface area contributed by atoms with Gasteiger partial charge in [0.2, 0.25) is 0 Å². The first-order valence-electron chi connectivity index (χ1n) is 8.02. The highest BCUT2D eigenvalue weighted by molar-refractivity contribution is 5.95. The minimum absolute atomic E-state index is 0.153. The van der Waals surface area contributed by atoms with Crippen molar-refractivity contribution in [2.45, 2.75) is 19.1 Å². The fraction of sp³-hybridized carbons (Fsp3) is 0.278. The molecule has 2 aromatic carbocycles. The van der Waals surface area contributed by atoms with Crippen molar-refractivity contribution in [1.29, 1.82) is 0 Å². The van der Waals surface area contributed by atoms with E-state index in [-0.39, 0.29) is 29.9 Å². The number of nitro groups is 1. The minimum Gasteiger partial charge on any atom is -0.502 e. The molecule has 0 aromatic heterocycles. The molecule has 0 aliphatic carbocycles. The summed E-state index contributed by atoms with van der Waals surface area (Å²) in [4.78, 5) is 24.4. The zero-order valence-electron chi connectivity index (χ0n) is 14.0. The van der Waals surface area contributed by atoms with Crippen LogP contribution in [0.3, 0.4) is 0 Å². The highest BCUT2D eigenvalue weighted by Crippen LogP contribution is 2.29. The SMILES string of the molecule is C[C@@H]1CN(C(=O)c2ccc([N+](=O)[O-])c(O)c2)C[C@H](c2ccc(F)cc2)O1. The average Bonchev–Trinajstić information content (AvgIpc) is 2.60. The Morgan fingerprint density at radius 1 is 1.27 bits per heavy atom. The molecule has 1 N–H and O–H groups in total. The van der Waals surface area contributed by atoms with E-state index in [4.69, 9.17) is 4.74 Å². The van der Waals surface area contributed by atoms with Gasteiger partial charge in [-0.25, -0.2) is 4.39 Å². The maximum atomic E-state index is 13.1. The number of hydrogen-bond donors (Lipinski definition) is 1. The maximum Gasteiger partial charge on any atom is 0.310 e. The van der Waals surface area contributed by atoms with Crippen LogP contribution in [-0.2, 0) is 4.74 Å². The Bertz CT molecular complexity index is 840. The molecule has 0 spiro atoms. The van der Waals surface area contributed by atoms with Crippen LogP contribution in [-0.4, -0.2) is 40.0 Å². The highest BCUT2D eigenvalue weighted by Gasteiger charge is 2.30. The van der Waals surface area contributed by atoms with Crippen LogP contribution in [0.5, 0.6) is 5.75 Å². The van der Waals surface area contributed by atoms with Crippen molar-refractivity contribution in [2.75, 3.05) is 13.1 Å². The second kappa shape index (κ2) is 7.09. The number of phenols is 1. The second-order valence-electron chi connectivity index (χ2n) is 6.16. The monoisotopic (exact) mass is 360 g/mol. The largest absolute Gasteiger partial charge is 0.502 e. The van der Waals surface area contributed by atoms with E-state index in [0.29, 0.717) is 6.54 Å². The number of nitrogens with zero attached hydrogens (tertiary/aromatic N) is 2. The number of aromatic hydroxyl groups is 1. The zero-order valence-corrected chi connectivity index (χ0v) is 14.0. The molecular formula is C18H17FN2O5. The van der Waals surface area contributed by atoms with E-state index in [0.717, 1.165) is 17.7 Å². The summed E-state index contributed by atoms with van der Waals surface area (Å²) < 4.78 is 19.0. The van der Waals surface area contributed by atoms with E-state index in [9.17, 15) is 24.4 Å². The molecule has 1 aliphatic heterocycles. The molecule has 1 fully saturated rings. The fourth-order valence-corrected chi connectivity index (χ4v) is 2.97. The molecule has 0 saturated carbocycles. The molecule has 2 aromatic rings. The van der Waals surface area contributed by atoms with Gasteiger partial charge in [-0.05, 0) is 36.8 Å². The van der Waals surface area contributed by atoms with Gasteiger partial charge < -0.3 is 14.7 Å². The van der Waals surface area contributed by atoms with E-state index >= 15 is 0 Å². The maximum absolute atomic E-state index is 13.1. The first-order chi connectivity index (χ1) is 12.3. The zero-order chi connectivity index (χ0) is 18.8. The molecule has 7 nitrogen and oxygen atoms in total. The molecule has 136 valence electrons. The number of carbonyl (C=O) groups excluding carboxylic acids is 1. The van der Waals surface area contributed by atoms with E-state index < -0.39 is 22.5 Å². The van der Waals surface area contributed by atoms with E-state index in [1.807, 2.05) is 6.92 Å². The smallest absolute Gasteiger partial charge is 0.310 e. The molecule has 26 heavy (non-hydrogen) atoms. The number of rotatable bonds is 3. The van der Waals surface area contributed by atoms with Gasteiger partial charge in [0.25, 0.3) is 5.91 Å². The topological polar surface area (TPSA) is 92.9 Å². The molecular weight excluding hydrogens is 343 g/mol. The molecule has 1 saturated heterocycles. The van der Waals surface area contributed by atoms with Gasteiger partial charge in [-0.15, -0.1) is 0 Å². The number of halogens is 1. The van der Waals surface area contributed by atoms with Crippen LogP contribution in [0, 0.1) is 15.9 Å². The first kappa shape index (κ1) is 17.8. The lowest BCUT2D eigenvalue weighted by atomic mass is 10.1. The lowest BCUT2D eigenvalue weighted by molar-refractivity contribution is -0.385. The van der Waals surface area contributed by atoms with Crippen LogP contribution in [0.2, 0.25) is 0 Å². The summed E-state index contributed by atoms with van der Waals surface area (Å²) in [5, 5.41) is 20.5. The summed E-state index contributed by atoms with van der Waals surface area (Å²) in [6.07, 6.45) is -0.649. The predicted molar refractivity (Wildman–Crippen MR) is 90.4 cm³/mol. The average molecular weight is 360 g/mol. The van der Waals surface area contributed by atoms with Crippen LogP contribution in [0.15, 0.2) is 42.5 Å². The lowest BCUT2D eigenvalue weighted by Gasteiger charge is -2.37. The number of nitro benzene ring substituents is 1. The molecule has 1 aliphatic rings. The third kappa shape index (κ3) is 3.65. The molecule has 3 rings (SSSR count). The van der Waals surface area contributed by atoms with Crippen molar-refractivity contribution >= 4 is 11.6 Å². The van der Waals surface area contributed by atoms with Gasteiger partial charge in [0.05, 0.1) is 17.6 Å². The molecule has 1 heterocycles. The Morgan fingerprint density at radius 2 is 1.96 bits per heavy atom. The fourth-order valence-electron chi connectivity index (χ4n) is 2.97. The van der Waals surface area contributed by atoms with Gasteiger partial charge in [0.1, 0.15) is 11.9 Å². The lowest BCUT2D eigenvalue weighted by Crippen LogP contribution is -2.45. The van der Waals surface area contributed by atoms with E-state index in [1.165, 1.54) is 18.2 Å². The molecule has 0 radical (unpaired) electrons. The summed E-state index contributed by atoms with van der Waals surface area (Å²) in [6.45, 7) is 2.42. The van der Waals surface area contributed by atoms with Crippen molar-refractivity contribution < 1.29 is 24.0 Å². The third-order valence-electron chi connectivity index (χ3n) is 4.21. The van der Waals surface area contributed by atoms with Crippen LogP contribution in [0.25, 0.3) is 0 Å². The van der Waals surface area contributed by atoms with Crippen LogP contribution in [0.1, 0.15) is 28.9 Å². The third-order valence-corrected chi connectivity index (χ3v) is 4.21.